The Morgan fingerprint density at radius 1 is 1.19 bits per heavy atom. The summed E-state index contributed by atoms with van der Waals surface area (Å²) in [5.74, 6) is 1.23. The van der Waals surface area contributed by atoms with Crippen molar-refractivity contribution < 1.29 is 4.42 Å². The Balaban J connectivity index is 1.87. The van der Waals surface area contributed by atoms with E-state index in [1.54, 1.807) is 0 Å². The van der Waals surface area contributed by atoms with Crippen LogP contribution in [0, 0.1) is 12.8 Å². The molecule has 3 nitrogen and oxygen atoms in total. The maximum absolute atomic E-state index is 12.5. The molecule has 1 aliphatic carbocycles. The van der Waals surface area contributed by atoms with Gasteiger partial charge in [-0.15, -0.1) is 0 Å². The lowest BCUT2D eigenvalue weighted by atomic mass is 9.76. The largest absolute Gasteiger partial charge is 0.428 e. The van der Waals surface area contributed by atoms with Crippen LogP contribution in [0.3, 0.4) is 0 Å². The Labute approximate surface area is 155 Å². The third-order valence-corrected chi connectivity index (χ3v) is 6.17. The molecule has 136 valence electrons. The van der Waals surface area contributed by atoms with Gasteiger partial charge in [-0.25, -0.2) is 4.79 Å². The first kappa shape index (κ1) is 17.1. The minimum Gasteiger partial charge on any atom is -0.428 e. The fourth-order valence-corrected chi connectivity index (χ4v) is 4.70. The molecule has 0 saturated heterocycles. The fraction of sp³-hybridized carbons (Fsp3) is 0.435. The first-order valence-electron chi connectivity index (χ1n) is 9.76. The number of hydrogen-bond donors (Lipinski definition) is 0. The molecule has 0 N–H and O–H groups in total. The standard InChI is InChI=1S/C23H27NO2/c1-17-9-5-4-8-13-23(17)14-12-20-21(15-18(2)26-22(20)25)24(23)16-19-10-6-3-7-11-19/h3,6-7,10-12,14-15,17H,4-5,8-9,13,16H2,1-2H3/t17-,23+/m1/s1. The lowest BCUT2D eigenvalue weighted by molar-refractivity contribution is 0.307. The van der Waals surface area contributed by atoms with E-state index in [0.717, 1.165) is 18.7 Å². The second-order valence-electron chi connectivity index (χ2n) is 7.84. The van der Waals surface area contributed by atoms with Crippen LogP contribution in [0.4, 0.5) is 5.69 Å². The molecule has 1 spiro atoms. The Morgan fingerprint density at radius 2 is 2.00 bits per heavy atom. The fourth-order valence-electron chi connectivity index (χ4n) is 4.70. The molecule has 1 aliphatic heterocycles. The van der Waals surface area contributed by atoms with E-state index in [1.165, 1.54) is 31.2 Å². The van der Waals surface area contributed by atoms with Crippen molar-refractivity contribution in [3.63, 3.8) is 0 Å². The van der Waals surface area contributed by atoms with Crippen LogP contribution in [-0.4, -0.2) is 5.54 Å². The van der Waals surface area contributed by atoms with Crippen LogP contribution in [0.2, 0.25) is 0 Å². The summed E-state index contributed by atoms with van der Waals surface area (Å²) in [4.78, 5) is 14.9. The number of fused-ring (bicyclic) bond motifs is 1. The maximum atomic E-state index is 12.5. The SMILES string of the molecule is Cc1cc2c(c(=O)o1)C=C[C@]1(CCCCC[C@H]1C)N2Cc1ccccc1. The third-order valence-electron chi connectivity index (χ3n) is 6.17. The molecular weight excluding hydrogens is 322 g/mol. The van der Waals surface area contributed by atoms with Crippen LogP contribution in [-0.2, 0) is 6.54 Å². The first-order valence-corrected chi connectivity index (χ1v) is 9.76. The number of benzene rings is 1. The molecule has 0 bridgehead atoms. The lowest BCUT2D eigenvalue weighted by Crippen LogP contribution is -2.53. The van der Waals surface area contributed by atoms with Gasteiger partial charge >= 0.3 is 5.63 Å². The van der Waals surface area contributed by atoms with Gasteiger partial charge in [-0.05, 0) is 37.3 Å². The van der Waals surface area contributed by atoms with Crippen LogP contribution < -0.4 is 10.5 Å². The molecule has 2 aliphatic rings. The van der Waals surface area contributed by atoms with Crippen molar-refractivity contribution in [2.24, 2.45) is 5.92 Å². The quantitative estimate of drug-likeness (QED) is 0.735. The summed E-state index contributed by atoms with van der Waals surface area (Å²) in [5, 5.41) is 0. The molecule has 1 saturated carbocycles. The van der Waals surface area contributed by atoms with Gasteiger partial charge in [0, 0.05) is 12.6 Å². The van der Waals surface area contributed by atoms with E-state index in [9.17, 15) is 4.79 Å². The monoisotopic (exact) mass is 349 g/mol. The van der Waals surface area contributed by atoms with Crippen molar-refractivity contribution in [1.82, 2.24) is 0 Å². The molecule has 0 amide bonds. The van der Waals surface area contributed by atoms with Gasteiger partial charge in [-0.3, -0.25) is 0 Å². The number of hydrogen-bond acceptors (Lipinski definition) is 3. The minimum absolute atomic E-state index is 0.0282. The average Bonchev–Trinajstić information content (AvgIpc) is 2.81. The van der Waals surface area contributed by atoms with Crippen molar-refractivity contribution in [2.75, 3.05) is 4.90 Å². The molecule has 1 aromatic heterocycles. The smallest absolute Gasteiger partial charge is 0.345 e. The lowest BCUT2D eigenvalue weighted by Gasteiger charge is -2.49. The molecule has 1 fully saturated rings. The molecule has 2 heterocycles. The number of nitrogens with zero attached hydrogens (tertiary/aromatic N) is 1. The van der Waals surface area contributed by atoms with E-state index >= 15 is 0 Å². The molecule has 2 aromatic rings. The zero-order valence-corrected chi connectivity index (χ0v) is 15.7. The Morgan fingerprint density at radius 3 is 2.81 bits per heavy atom. The van der Waals surface area contributed by atoms with E-state index in [4.69, 9.17) is 4.42 Å². The van der Waals surface area contributed by atoms with Gasteiger partial charge in [-0.1, -0.05) is 62.6 Å². The highest BCUT2D eigenvalue weighted by molar-refractivity contribution is 5.73. The molecule has 0 radical (unpaired) electrons. The molecule has 2 atom stereocenters. The summed E-state index contributed by atoms with van der Waals surface area (Å²) in [6.07, 6.45) is 10.5. The minimum atomic E-state index is -0.231. The van der Waals surface area contributed by atoms with Crippen molar-refractivity contribution in [1.29, 1.82) is 0 Å². The van der Waals surface area contributed by atoms with Crippen LogP contribution >= 0.6 is 0 Å². The predicted molar refractivity (Wildman–Crippen MR) is 106 cm³/mol. The van der Waals surface area contributed by atoms with E-state index in [1.807, 2.05) is 19.1 Å². The summed E-state index contributed by atoms with van der Waals surface area (Å²) in [6.45, 7) is 5.05. The average molecular weight is 349 g/mol. The summed E-state index contributed by atoms with van der Waals surface area (Å²) >= 11 is 0. The molecule has 1 aromatic carbocycles. The van der Waals surface area contributed by atoms with Gasteiger partial charge in [0.1, 0.15) is 5.76 Å². The van der Waals surface area contributed by atoms with Gasteiger partial charge in [0.15, 0.2) is 0 Å². The van der Waals surface area contributed by atoms with E-state index in [-0.39, 0.29) is 11.2 Å². The van der Waals surface area contributed by atoms with Crippen molar-refractivity contribution in [3.05, 3.63) is 69.8 Å². The van der Waals surface area contributed by atoms with Gasteiger partial charge in [0.2, 0.25) is 0 Å². The second-order valence-corrected chi connectivity index (χ2v) is 7.84. The topological polar surface area (TPSA) is 33.5 Å². The second kappa shape index (κ2) is 6.79. The van der Waals surface area contributed by atoms with Crippen molar-refractivity contribution in [3.8, 4) is 0 Å². The third kappa shape index (κ3) is 2.90. The highest BCUT2D eigenvalue weighted by Gasteiger charge is 2.43. The number of anilines is 1. The van der Waals surface area contributed by atoms with Crippen LogP contribution in [0.5, 0.6) is 0 Å². The van der Waals surface area contributed by atoms with Crippen LogP contribution in [0.1, 0.15) is 55.9 Å². The van der Waals surface area contributed by atoms with Gasteiger partial charge < -0.3 is 9.32 Å². The van der Waals surface area contributed by atoms with Crippen molar-refractivity contribution in [2.45, 2.75) is 58.0 Å². The summed E-state index contributed by atoms with van der Waals surface area (Å²) in [5.41, 5.74) is 2.73. The summed E-state index contributed by atoms with van der Waals surface area (Å²) < 4.78 is 5.37. The maximum Gasteiger partial charge on any atom is 0.345 e. The molecule has 3 heteroatoms. The normalized spacial score (nSPS) is 25.2. The van der Waals surface area contributed by atoms with Crippen molar-refractivity contribution >= 4 is 11.8 Å². The van der Waals surface area contributed by atoms with E-state index in [2.05, 4.69) is 48.2 Å². The first-order chi connectivity index (χ1) is 12.6. The molecule has 0 unspecified atom stereocenters. The summed E-state index contributed by atoms with van der Waals surface area (Å²) in [7, 11) is 0. The Kier molecular flexibility index (Phi) is 4.47. The Hall–Kier alpha value is -2.29. The van der Waals surface area contributed by atoms with Gasteiger partial charge in [0.25, 0.3) is 0 Å². The highest BCUT2D eigenvalue weighted by Crippen LogP contribution is 2.45. The van der Waals surface area contributed by atoms with Gasteiger partial charge in [-0.2, -0.15) is 0 Å². The molecule has 4 rings (SSSR count). The predicted octanol–water partition coefficient (Wildman–Crippen LogP) is 5.32. The Bertz CT molecular complexity index is 868. The van der Waals surface area contributed by atoms with Crippen LogP contribution in [0.15, 0.2) is 51.7 Å². The molecule has 26 heavy (non-hydrogen) atoms. The zero-order chi connectivity index (χ0) is 18.1. The van der Waals surface area contributed by atoms with E-state index < -0.39 is 0 Å². The zero-order valence-electron chi connectivity index (χ0n) is 15.7. The number of aryl methyl sites for hydroxylation is 1. The van der Waals surface area contributed by atoms with Crippen LogP contribution in [0.25, 0.3) is 6.08 Å². The number of rotatable bonds is 2. The van der Waals surface area contributed by atoms with E-state index in [0.29, 0.717) is 17.2 Å². The molecular formula is C23H27NO2. The highest BCUT2D eigenvalue weighted by atomic mass is 16.4. The summed E-state index contributed by atoms with van der Waals surface area (Å²) in [6, 6.07) is 12.6. The van der Waals surface area contributed by atoms with Gasteiger partial charge in [0.05, 0.1) is 16.8 Å².